The Kier molecular flexibility index (Phi) is 25.9. The van der Waals surface area contributed by atoms with Crippen LogP contribution in [0.4, 0.5) is 0 Å². The third-order valence-electron chi connectivity index (χ3n) is 3.79. The van der Waals surface area contributed by atoms with Crippen molar-refractivity contribution in [3.8, 4) is 0 Å². The molecule has 0 spiro atoms. The van der Waals surface area contributed by atoms with Gasteiger partial charge in [0.2, 0.25) is 0 Å². The fraction of sp³-hybridized carbons (Fsp3) is 0.591. The maximum Gasteiger partial charge on any atom is 0.334 e. The monoisotopic (exact) mass is 653 g/mol. The van der Waals surface area contributed by atoms with Crippen molar-refractivity contribution in [1.29, 1.82) is 0 Å². The van der Waals surface area contributed by atoms with E-state index in [1.165, 1.54) is 13.8 Å². The van der Waals surface area contributed by atoms with Crippen molar-refractivity contribution < 1.29 is 64.2 Å². The number of esters is 3. The molecular formula is C22H39NO13S4. The summed E-state index contributed by atoms with van der Waals surface area (Å²) in [5, 5.41) is 50.3. The lowest BCUT2D eigenvalue weighted by molar-refractivity contribution is -0.171. The lowest BCUT2D eigenvalue weighted by atomic mass is 9.95. The molecule has 0 aliphatic carbocycles. The first-order chi connectivity index (χ1) is 18.0. The number of aliphatic carboxylic acids is 2. The minimum atomic E-state index is -1.55. The predicted octanol–water partition coefficient (Wildman–Crippen LogP) is 0.218. The molecule has 0 aromatic rings. The first-order valence-electron chi connectivity index (χ1n) is 10.8. The van der Waals surface area contributed by atoms with Gasteiger partial charge in [-0.1, -0.05) is 27.0 Å². The highest BCUT2D eigenvalue weighted by Gasteiger charge is 2.34. The van der Waals surface area contributed by atoms with Crippen LogP contribution in [0.1, 0.15) is 27.7 Å². The molecule has 18 heteroatoms. The zero-order valence-electron chi connectivity index (χ0n) is 22.4. The van der Waals surface area contributed by atoms with Gasteiger partial charge in [0.25, 0.3) is 0 Å². The standard InChI is InChI=1S/C10H19NO5.C6H12O4S4.2C3H4O2/c1-6(2)7(11-15)8(13)16-9(14)10(3,4)5-12;7-1-5(11,12)3-10-4(9)6(13,14)2-8;2*1-2-3(4)5/h6-7,11-12,15H,5H2,1-4H3;7-8,11-14H,1-3H2;2*2H,1H2,(H,4,5)/t7-;;;/m0.../s1. The highest BCUT2D eigenvalue weighted by Crippen LogP contribution is 2.24. The molecule has 0 bridgehead atoms. The van der Waals surface area contributed by atoms with E-state index in [9.17, 15) is 24.0 Å². The van der Waals surface area contributed by atoms with Crippen LogP contribution >= 0.6 is 50.5 Å². The molecule has 0 unspecified atom stereocenters. The predicted molar refractivity (Wildman–Crippen MR) is 158 cm³/mol. The molecule has 0 heterocycles. The van der Waals surface area contributed by atoms with Crippen LogP contribution in [0.5, 0.6) is 0 Å². The topological polar surface area (TPSA) is 237 Å². The number of thiol groups is 4. The number of carbonyl (C=O) groups is 5. The number of hydrogen-bond donors (Lipinski definition) is 11. The average Bonchev–Trinajstić information content (AvgIpc) is 2.88. The number of carboxylic acids is 2. The van der Waals surface area contributed by atoms with Crippen molar-refractivity contribution in [2.75, 3.05) is 26.4 Å². The van der Waals surface area contributed by atoms with Gasteiger partial charge < -0.3 is 40.2 Å². The molecule has 234 valence electrons. The zero-order valence-corrected chi connectivity index (χ0v) is 26.0. The van der Waals surface area contributed by atoms with Crippen LogP contribution in [0, 0.1) is 11.3 Å². The lowest BCUT2D eigenvalue weighted by Crippen LogP contribution is -2.43. The molecule has 0 saturated heterocycles. The van der Waals surface area contributed by atoms with Crippen molar-refractivity contribution in [3.05, 3.63) is 25.3 Å². The summed E-state index contributed by atoms with van der Waals surface area (Å²) in [6.07, 6.45) is 1.67. The van der Waals surface area contributed by atoms with Gasteiger partial charge in [-0.3, -0.25) is 4.79 Å². The summed E-state index contributed by atoms with van der Waals surface area (Å²) >= 11 is 15.4. The quantitative estimate of drug-likeness (QED) is 0.0338. The van der Waals surface area contributed by atoms with Gasteiger partial charge in [-0.15, -0.1) is 25.3 Å². The van der Waals surface area contributed by atoms with E-state index in [0.717, 1.165) is 12.2 Å². The molecule has 0 rings (SSSR count). The molecule has 0 amide bonds. The number of nitrogens with one attached hydrogen (secondary N) is 1. The van der Waals surface area contributed by atoms with Gasteiger partial charge in [0.1, 0.15) is 16.7 Å². The second-order valence-corrected chi connectivity index (χ2v) is 12.3. The largest absolute Gasteiger partial charge is 0.478 e. The number of aliphatic hydroxyl groups excluding tert-OH is 3. The summed E-state index contributed by atoms with van der Waals surface area (Å²) in [7, 11) is 0. The van der Waals surface area contributed by atoms with E-state index >= 15 is 0 Å². The minimum Gasteiger partial charge on any atom is -0.478 e. The molecule has 1 atom stereocenters. The Morgan fingerprint density at radius 2 is 1.25 bits per heavy atom. The number of carbonyl (C=O) groups excluding carboxylic acids is 3. The maximum absolute atomic E-state index is 11.4. The van der Waals surface area contributed by atoms with Gasteiger partial charge >= 0.3 is 29.8 Å². The van der Waals surface area contributed by atoms with E-state index in [2.05, 4.69) is 73.1 Å². The number of rotatable bonds is 12. The van der Waals surface area contributed by atoms with Crippen molar-refractivity contribution in [1.82, 2.24) is 5.48 Å². The van der Waals surface area contributed by atoms with Crippen LogP contribution < -0.4 is 5.48 Å². The van der Waals surface area contributed by atoms with E-state index in [1.807, 2.05) is 0 Å². The van der Waals surface area contributed by atoms with Crippen molar-refractivity contribution >= 4 is 80.4 Å². The third-order valence-corrected chi connectivity index (χ3v) is 4.97. The van der Waals surface area contributed by atoms with E-state index in [1.54, 1.807) is 19.3 Å². The van der Waals surface area contributed by atoms with Gasteiger partial charge in [0.15, 0.2) is 4.08 Å². The summed E-state index contributed by atoms with van der Waals surface area (Å²) < 4.78 is 6.59. The molecule has 0 aliphatic heterocycles. The summed E-state index contributed by atoms with van der Waals surface area (Å²) in [5.41, 5.74) is 0.655. The SMILES string of the molecule is C=CC(=O)O.C=CC(=O)O.CC(C)[C@H](NO)C(=O)OC(=O)C(C)(C)CO.O=C(OCC(S)(S)CO)C(S)(S)CO. The first kappa shape index (κ1) is 45.2. The van der Waals surface area contributed by atoms with E-state index in [4.69, 9.17) is 30.7 Å². The summed E-state index contributed by atoms with van der Waals surface area (Å²) in [6.45, 7) is 10.7. The first-order valence-corrected chi connectivity index (χ1v) is 12.6. The van der Waals surface area contributed by atoms with E-state index in [0.29, 0.717) is 0 Å². The molecule has 0 aromatic heterocycles. The summed E-state index contributed by atoms with van der Waals surface area (Å²) in [5.74, 6) is -4.67. The Morgan fingerprint density at radius 1 is 0.850 bits per heavy atom. The fourth-order valence-corrected chi connectivity index (χ4v) is 1.50. The molecular weight excluding hydrogens is 615 g/mol. The molecule has 0 radical (unpaired) electrons. The highest BCUT2D eigenvalue weighted by molar-refractivity contribution is 8.02. The highest BCUT2D eigenvalue weighted by atomic mass is 32.2. The van der Waals surface area contributed by atoms with Crippen LogP contribution in [0.3, 0.4) is 0 Å². The lowest BCUT2D eigenvalue weighted by Gasteiger charge is -2.23. The maximum atomic E-state index is 11.4. The van der Waals surface area contributed by atoms with Crippen molar-refractivity contribution in [2.45, 2.75) is 41.9 Å². The number of hydrogen-bond acceptors (Lipinski definition) is 16. The molecule has 40 heavy (non-hydrogen) atoms. The summed E-state index contributed by atoms with van der Waals surface area (Å²) in [4.78, 5) is 52.6. The Bertz CT molecular complexity index is 816. The number of ether oxygens (including phenoxy) is 2. The van der Waals surface area contributed by atoms with Crippen molar-refractivity contribution in [3.63, 3.8) is 0 Å². The zero-order chi connectivity index (χ0) is 32.9. The second-order valence-electron chi connectivity index (χ2n) is 8.38. The molecule has 7 N–H and O–H groups in total. The average molecular weight is 654 g/mol. The van der Waals surface area contributed by atoms with Crippen LogP contribution in [-0.2, 0) is 33.4 Å². The Labute approximate surface area is 254 Å². The van der Waals surface area contributed by atoms with Gasteiger partial charge in [-0.05, 0) is 19.8 Å². The Hall–Kier alpha value is -1.77. The van der Waals surface area contributed by atoms with Crippen LogP contribution in [0.2, 0.25) is 0 Å². The second kappa shape index (κ2) is 22.9. The normalized spacial score (nSPS) is 11.5. The van der Waals surface area contributed by atoms with Crippen LogP contribution in [-0.4, -0.2) is 101 Å². The molecule has 0 aliphatic rings. The number of hydroxylamine groups is 1. The van der Waals surface area contributed by atoms with Gasteiger partial charge in [0, 0.05) is 12.2 Å². The van der Waals surface area contributed by atoms with Crippen LogP contribution in [0.15, 0.2) is 25.3 Å². The van der Waals surface area contributed by atoms with Gasteiger partial charge in [0.05, 0.1) is 25.2 Å². The smallest absolute Gasteiger partial charge is 0.334 e. The Morgan fingerprint density at radius 3 is 1.50 bits per heavy atom. The molecule has 0 fully saturated rings. The molecule has 0 saturated carbocycles. The molecule has 14 nitrogen and oxygen atoms in total. The number of aliphatic hydroxyl groups is 3. The molecule has 0 aromatic carbocycles. The number of carboxylic acid groups (broad SMARTS) is 2. The minimum absolute atomic E-state index is 0.211. The van der Waals surface area contributed by atoms with Crippen molar-refractivity contribution in [2.24, 2.45) is 11.3 Å². The Balaban J connectivity index is -0.000000244. The van der Waals surface area contributed by atoms with Gasteiger partial charge in [-0.2, -0.15) is 30.7 Å². The fourth-order valence-electron chi connectivity index (χ4n) is 1.24. The van der Waals surface area contributed by atoms with Crippen LogP contribution in [0.25, 0.3) is 0 Å². The van der Waals surface area contributed by atoms with Gasteiger partial charge in [-0.25, -0.2) is 19.2 Å². The van der Waals surface area contributed by atoms with E-state index in [-0.39, 0.29) is 19.1 Å². The third kappa shape index (κ3) is 24.1. The summed E-state index contributed by atoms with van der Waals surface area (Å²) in [6, 6.07) is -0.960. The van der Waals surface area contributed by atoms with E-state index < -0.39 is 62.7 Å².